The fourth-order valence-electron chi connectivity index (χ4n) is 0. The molecule has 1 N–H and O–H groups in total. The van der Waals surface area contributed by atoms with Crippen LogP contribution < -0.4 is 0 Å². The van der Waals surface area contributed by atoms with Gasteiger partial charge < -0.3 is 19.6 Å². The van der Waals surface area contributed by atoms with Crippen LogP contribution in [0.4, 0.5) is 0 Å². The molecule has 0 aromatic heterocycles. The van der Waals surface area contributed by atoms with Crippen LogP contribution in [0, 0.1) is 13.8 Å². The van der Waals surface area contributed by atoms with E-state index in [0.29, 0.717) is 0 Å². The molecule has 0 fully saturated rings. The smallest absolute Gasteiger partial charge is 0 e. The third-order valence-corrected chi connectivity index (χ3v) is 0. The molecule has 0 unspecified atom stereocenters. The molecule has 0 saturated carbocycles. The minimum Gasteiger partial charge on any atom is -0.684 e. The van der Waals surface area contributed by atoms with Crippen LogP contribution in [-0.4, -0.2) is 4.32 Å². The van der Waals surface area contributed by atoms with E-state index in [2.05, 4.69) is 38.7 Å². The fraction of sp³-hybridized carbons (Fsp3) is 0.400. The Morgan fingerprint density at radius 2 is 1.33 bits per heavy atom. The van der Waals surface area contributed by atoms with Gasteiger partial charge in [0.2, 0.25) is 0 Å². The first-order chi connectivity index (χ1) is 3.73. The number of rotatable bonds is 0. The molecule has 0 aliphatic rings. The third kappa shape index (κ3) is 560. The van der Waals surface area contributed by atoms with Gasteiger partial charge in [-0.05, 0) is 4.32 Å². The van der Waals surface area contributed by atoms with Gasteiger partial charge in [0.25, 0.3) is 0 Å². The van der Waals surface area contributed by atoms with E-state index < -0.39 is 0 Å². The molecule has 0 aromatic carbocycles. The summed E-state index contributed by atoms with van der Waals surface area (Å²) in [7, 11) is 0. The monoisotopic (exact) mass is 214 g/mol. The van der Waals surface area contributed by atoms with E-state index in [-0.39, 0.29) is 23.8 Å². The van der Waals surface area contributed by atoms with Crippen molar-refractivity contribution >= 4 is 29.2 Å². The molecule has 0 saturated heterocycles. The van der Waals surface area contributed by atoms with Crippen molar-refractivity contribution in [3.05, 3.63) is 19.6 Å². The largest absolute Gasteiger partial charge is 0.684 e. The summed E-state index contributed by atoms with van der Waals surface area (Å²) < 4.78 is -0.0556. The van der Waals surface area contributed by atoms with Gasteiger partial charge in [-0.1, -0.05) is 12.2 Å². The number of nitrogens with one attached hydrogen (secondary N) is 1. The Morgan fingerprint density at radius 1 is 1.33 bits per heavy atom. The molecule has 0 rings (SSSR count). The average Bonchev–Trinajstić information content (AvgIpc) is 1.75. The Morgan fingerprint density at radius 3 is 1.33 bits per heavy atom. The van der Waals surface area contributed by atoms with Crippen molar-refractivity contribution in [3.8, 4) is 0 Å². The second-order valence-electron chi connectivity index (χ2n) is 0.305. The zero-order chi connectivity index (χ0) is 7.58. The number of hydrogen-bond acceptors (Lipinski definition) is 1. The molecule has 4 heteroatoms. The van der Waals surface area contributed by atoms with Crippen molar-refractivity contribution in [2.75, 3.05) is 0 Å². The third-order valence-electron chi connectivity index (χ3n) is 0. The van der Waals surface area contributed by atoms with Gasteiger partial charge >= 0.3 is 0 Å². The molecule has 0 amide bonds. The zero-order valence-electron chi connectivity index (χ0n) is 5.98. The Kier molecular flexibility index (Phi) is 92.0. The Labute approximate surface area is 81.9 Å². The minimum absolute atomic E-state index is 0. The van der Waals surface area contributed by atoms with Crippen molar-refractivity contribution in [1.82, 2.24) is 0 Å². The van der Waals surface area contributed by atoms with Crippen molar-refractivity contribution in [2.45, 2.75) is 13.8 Å². The van der Waals surface area contributed by atoms with E-state index in [1.54, 1.807) is 13.8 Å². The van der Waals surface area contributed by atoms with Gasteiger partial charge in [-0.25, -0.2) is 0 Å². The zero-order valence-corrected chi connectivity index (χ0v) is 10.7. The van der Waals surface area contributed by atoms with E-state index >= 15 is 0 Å². The molecule has 9 heavy (non-hydrogen) atoms. The number of thiol groups is 1. The van der Waals surface area contributed by atoms with Crippen LogP contribution in [0.25, 0.3) is 5.73 Å². The maximum Gasteiger partial charge on any atom is 0 e. The molecule has 0 aromatic rings. The van der Waals surface area contributed by atoms with Crippen LogP contribution in [0.3, 0.4) is 0 Å². The standard InChI is InChI=1S/2C2H5.CH3NS2.Zn/c2*1-2;2-1(3)4;/h2*1H2,2H3;(H3,2,3,4);/q2*-1;;/p-1. The van der Waals surface area contributed by atoms with Gasteiger partial charge in [-0.2, -0.15) is 26.5 Å². The summed E-state index contributed by atoms with van der Waals surface area (Å²) in [6.45, 7) is 10.0. The molecule has 0 aliphatic carbocycles. The number of hydrogen-bond donors (Lipinski definition) is 1. The molecule has 0 radical (unpaired) electrons. The first-order valence-corrected chi connectivity index (χ1v) is 2.95. The molecule has 0 heterocycles. The van der Waals surface area contributed by atoms with Crippen LogP contribution in [0.5, 0.6) is 0 Å². The summed E-state index contributed by atoms with van der Waals surface area (Å²) in [5, 5.41) is 0. The Bertz CT molecular complexity index is 37.9. The van der Waals surface area contributed by atoms with Gasteiger partial charge in [0, 0.05) is 19.5 Å². The first-order valence-electron chi connectivity index (χ1n) is 2.09. The summed E-state index contributed by atoms with van der Waals surface area (Å²) >= 11 is 7.43. The number of thiocarbonyl (C=S) groups is 1. The van der Waals surface area contributed by atoms with Crippen LogP contribution in [-0.2, 0) is 19.5 Å². The van der Waals surface area contributed by atoms with E-state index in [4.69, 9.17) is 5.73 Å². The summed E-state index contributed by atoms with van der Waals surface area (Å²) in [5.41, 5.74) is 6.18. The SMILES string of the molecule is [CH2-]C.[CH2-]C.[NH-]C(=S)S.[Zn]. The molecule has 1 nitrogen and oxygen atoms in total. The quantitative estimate of drug-likeness (QED) is 0.286. The molecule has 0 spiro atoms. The summed E-state index contributed by atoms with van der Waals surface area (Å²) in [6.07, 6.45) is 0. The first kappa shape index (κ1) is 22.5. The molecule has 0 atom stereocenters. The van der Waals surface area contributed by atoms with Crippen molar-refractivity contribution in [2.24, 2.45) is 0 Å². The van der Waals surface area contributed by atoms with E-state index in [9.17, 15) is 0 Å². The molecule has 0 bridgehead atoms. The minimum atomic E-state index is -0.0556. The van der Waals surface area contributed by atoms with E-state index in [0.717, 1.165) is 0 Å². The fourth-order valence-corrected chi connectivity index (χ4v) is 0. The van der Waals surface area contributed by atoms with Gasteiger partial charge in [-0.15, -0.1) is 0 Å². The topological polar surface area (TPSA) is 23.8 Å². The predicted molar refractivity (Wildman–Crippen MR) is 48.0 cm³/mol. The second-order valence-corrected chi connectivity index (χ2v) is 1.46. The average molecular weight is 216 g/mol. The van der Waals surface area contributed by atoms with Crippen molar-refractivity contribution < 1.29 is 19.5 Å². The summed E-state index contributed by atoms with van der Waals surface area (Å²) in [5.74, 6) is 0. The van der Waals surface area contributed by atoms with Gasteiger partial charge in [0.15, 0.2) is 0 Å². The summed E-state index contributed by atoms with van der Waals surface area (Å²) in [6, 6.07) is 0. The normalized spacial score (nSPS) is 4.11. The second kappa shape index (κ2) is 36.7. The molecule has 0 aliphatic heterocycles. The van der Waals surface area contributed by atoms with Gasteiger partial charge in [0.05, 0.1) is 0 Å². The van der Waals surface area contributed by atoms with Crippen molar-refractivity contribution in [3.63, 3.8) is 0 Å². The Balaban J connectivity index is -0.0000000221. The maximum absolute atomic E-state index is 6.18. The van der Waals surface area contributed by atoms with Gasteiger partial charge in [0.1, 0.15) is 0 Å². The van der Waals surface area contributed by atoms with E-state index in [1.807, 2.05) is 0 Å². The molecule has 54 valence electrons. The summed E-state index contributed by atoms with van der Waals surface area (Å²) in [4.78, 5) is 0. The molecular formula is C5H12NS2Zn-3. The Hall–Kier alpha value is 0.863. The predicted octanol–water partition coefficient (Wildman–Crippen LogP) is 2.93. The van der Waals surface area contributed by atoms with Crippen LogP contribution in [0.15, 0.2) is 0 Å². The van der Waals surface area contributed by atoms with Crippen molar-refractivity contribution in [1.29, 1.82) is 0 Å². The maximum atomic E-state index is 6.18. The van der Waals surface area contributed by atoms with Crippen LogP contribution in [0.2, 0.25) is 0 Å². The van der Waals surface area contributed by atoms with E-state index in [1.165, 1.54) is 0 Å². The van der Waals surface area contributed by atoms with Gasteiger partial charge in [-0.3, -0.25) is 0 Å². The van der Waals surface area contributed by atoms with Crippen LogP contribution in [0.1, 0.15) is 13.8 Å². The van der Waals surface area contributed by atoms with Crippen LogP contribution >= 0.6 is 24.8 Å². The molecular weight excluding hydrogens is 204 g/mol.